The van der Waals surface area contributed by atoms with Gasteiger partial charge in [-0.05, 0) is 45.7 Å². The zero-order valence-corrected chi connectivity index (χ0v) is 20.2. The second-order valence-corrected chi connectivity index (χ2v) is 8.36. The van der Waals surface area contributed by atoms with Gasteiger partial charge in [0.1, 0.15) is 0 Å². The Morgan fingerprint density at radius 1 is 1.25 bits per heavy atom. The van der Waals surface area contributed by atoms with Gasteiger partial charge in [0, 0.05) is 30.6 Å². The molecule has 1 atom stereocenters. The number of aromatic nitrogens is 1. The minimum atomic E-state index is 0. The summed E-state index contributed by atoms with van der Waals surface area (Å²) < 4.78 is 0. The van der Waals surface area contributed by atoms with E-state index in [1.807, 2.05) is 0 Å². The van der Waals surface area contributed by atoms with Crippen molar-refractivity contribution in [2.45, 2.75) is 52.7 Å². The molecule has 1 aliphatic rings. The highest BCUT2D eigenvalue weighted by atomic mass is 127. The number of aliphatic imine (C=N–C) groups is 1. The summed E-state index contributed by atoms with van der Waals surface area (Å²) in [5, 5.41) is 8.04. The zero-order chi connectivity index (χ0) is 19.1. The first kappa shape index (κ1) is 23.1. The highest BCUT2D eigenvalue weighted by Crippen LogP contribution is 2.20. The summed E-state index contributed by atoms with van der Waals surface area (Å²) in [4.78, 5) is 13.1. The van der Waals surface area contributed by atoms with E-state index in [2.05, 4.69) is 71.6 Å². The standard InChI is InChI=1S/C21H31N5S.HI/c1-4-22-21(24-14-20-16(2)25-17(3)27-20)23-13-19-11-8-12-26(19)15-18-9-6-5-7-10-18;/h5-7,9-10,19H,4,8,11-15H2,1-3H3,(H2,22,23,24);1H. The summed E-state index contributed by atoms with van der Waals surface area (Å²) >= 11 is 1.74. The Hall–Kier alpha value is -1.19. The maximum Gasteiger partial charge on any atom is 0.191 e. The summed E-state index contributed by atoms with van der Waals surface area (Å²) in [5.41, 5.74) is 2.49. The molecule has 1 fully saturated rings. The molecule has 154 valence electrons. The van der Waals surface area contributed by atoms with Crippen LogP contribution in [0, 0.1) is 13.8 Å². The molecule has 2 aromatic rings. The number of guanidine groups is 1. The highest BCUT2D eigenvalue weighted by Gasteiger charge is 2.24. The molecule has 5 nitrogen and oxygen atoms in total. The van der Waals surface area contributed by atoms with Gasteiger partial charge in [-0.3, -0.25) is 4.90 Å². The molecule has 28 heavy (non-hydrogen) atoms. The van der Waals surface area contributed by atoms with E-state index in [-0.39, 0.29) is 24.0 Å². The minimum Gasteiger partial charge on any atom is -0.357 e. The van der Waals surface area contributed by atoms with Crippen molar-refractivity contribution in [1.82, 2.24) is 20.5 Å². The van der Waals surface area contributed by atoms with E-state index in [9.17, 15) is 0 Å². The quantitative estimate of drug-likeness (QED) is 0.333. The fourth-order valence-electron chi connectivity index (χ4n) is 3.58. The predicted molar refractivity (Wildman–Crippen MR) is 130 cm³/mol. The van der Waals surface area contributed by atoms with Crippen molar-refractivity contribution in [3.8, 4) is 0 Å². The zero-order valence-electron chi connectivity index (χ0n) is 17.1. The number of aryl methyl sites for hydroxylation is 2. The molecular formula is C21H32IN5S. The first-order chi connectivity index (χ1) is 13.2. The maximum absolute atomic E-state index is 4.77. The Balaban J connectivity index is 0.00000280. The average molecular weight is 513 g/mol. The van der Waals surface area contributed by atoms with Crippen molar-refractivity contribution >= 4 is 41.3 Å². The fraction of sp³-hybridized carbons (Fsp3) is 0.524. The number of rotatable bonds is 7. The molecule has 1 unspecified atom stereocenters. The van der Waals surface area contributed by atoms with Crippen LogP contribution in [0.1, 0.15) is 40.9 Å². The van der Waals surface area contributed by atoms with E-state index in [4.69, 9.17) is 4.99 Å². The van der Waals surface area contributed by atoms with Gasteiger partial charge >= 0.3 is 0 Å². The summed E-state index contributed by atoms with van der Waals surface area (Å²) in [7, 11) is 0. The Labute approximate surface area is 190 Å². The molecule has 1 saturated heterocycles. The third-order valence-corrected chi connectivity index (χ3v) is 6.01. The van der Waals surface area contributed by atoms with Crippen molar-refractivity contribution in [1.29, 1.82) is 0 Å². The first-order valence-electron chi connectivity index (χ1n) is 9.88. The number of nitrogens with one attached hydrogen (secondary N) is 2. The molecule has 0 radical (unpaired) electrons. The maximum atomic E-state index is 4.77. The van der Waals surface area contributed by atoms with Crippen LogP contribution in [0.15, 0.2) is 35.3 Å². The molecule has 0 amide bonds. The van der Waals surface area contributed by atoms with Crippen molar-refractivity contribution in [2.75, 3.05) is 19.6 Å². The van der Waals surface area contributed by atoms with Crippen LogP contribution in [0.2, 0.25) is 0 Å². The summed E-state index contributed by atoms with van der Waals surface area (Å²) in [6.45, 7) is 10.9. The minimum absolute atomic E-state index is 0. The van der Waals surface area contributed by atoms with Gasteiger partial charge in [0.05, 0.1) is 17.2 Å². The van der Waals surface area contributed by atoms with Crippen molar-refractivity contribution in [2.24, 2.45) is 4.99 Å². The average Bonchev–Trinajstić information content (AvgIpc) is 3.23. The molecule has 1 aromatic heterocycles. The summed E-state index contributed by atoms with van der Waals surface area (Å²) in [6.07, 6.45) is 2.51. The molecule has 2 heterocycles. The monoisotopic (exact) mass is 513 g/mol. The van der Waals surface area contributed by atoms with Crippen molar-refractivity contribution in [3.05, 3.63) is 51.5 Å². The van der Waals surface area contributed by atoms with E-state index in [0.717, 1.165) is 36.3 Å². The van der Waals surface area contributed by atoms with E-state index in [0.29, 0.717) is 12.6 Å². The lowest BCUT2D eigenvalue weighted by Gasteiger charge is -2.25. The number of hydrogen-bond acceptors (Lipinski definition) is 4. The van der Waals surface area contributed by atoms with Crippen LogP contribution in [-0.2, 0) is 13.1 Å². The predicted octanol–water partition coefficient (Wildman–Crippen LogP) is 4.10. The van der Waals surface area contributed by atoms with Gasteiger partial charge in [-0.15, -0.1) is 35.3 Å². The molecule has 2 N–H and O–H groups in total. The van der Waals surface area contributed by atoms with Gasteiger partial charge < -0.3 is 10.6 Å². The largest absolute Gasteiger partial charge is 0.357 e. The lowest BCUT2D eigenvalue weighted by molar-refractivity contribution is 0.245. The van der Waals surface area contributed by atoms with Crippen LogP contribution >= 0.6 is 35.3 Å². The lowest BCUT2D eigenvalue weighted by atomic mass is 10.2. The second kappa shape index (κ2) is 11.7. The van der Waals surface area contributed by atoms with Gasteiger partial charge in [-0.2, -0.15) is 0 Å². The lowest BCUT2D eigenvalue weighted by Crippen LogP contribution is -2.44. The molecule has 3 rings (SSSR count). The number of benzene rings is 1. The van der Waals surface area contributed by atoms with Gasteiger partial charge in [0.15, 0.2) is 5.96 Å². The summed E-state index contributed by atoms with van der Waals surface area (Å²) in [5.74, 6) is 0.898. The number of thiazole rings is 1. The number of halogens is 1. The Morgan fingerprint density at radius 2 is 2.04 bits per heavy atom. The van der Waals surface area contributed by atoms with Gasteiger partial charge in [-0.1, -0.05) is 30.3 Å². The molecule has 0 aliphatic carbocycles. The number of likely N-dealkylation sites (tertiary alicyclic amines) is 1. The van der Waals surface area contributed by atoms with Crippen molar-refractivity contribution in [3.63, 3.8) is 0 Å². The van der Waals surface area contributed by atoms with Gasteiger partial charge in [0.2, 0.25) is 0 Å². The Bertz CT molecular complexity index is 747. The number of hydrogen-bond donors (Lipinski definition) is 2. The van der Waals surface area contributed by atoms with E-state index < -0.39 is 0 Å². The van der Waals surface area contributed by atoms with Crippen LogP contribution in [-0.4, -0.2) is 41.5 Å². The van der Waals surface area contributed by atoms with Gasteiger partial charge in [-0.25, -0.2) is 9.98 Å². The molecule has 1 aliphatic heterocycles. The number of nitrogens with zero attached hydrogens (tertiary/aromatic N) is 3. The van der Waals surface area contributed by atoms with E-state index in [1.165, 1.54) is 29.8 Å². The van der Waals surface area contributed by atoms with Crippen LogP contribution in [0.5, 0.6) is 0 Å². The highest BCUT2D eigenvalue weighted by molar-refractivity contribution is 14.0. The molecular weight excluding hydrogens is 481 g/mol. The smallest absolute Gasteiger partial charge is 0.191 e. The van der Waals surface area contributed by atoms with E-state index >= 15 is 0 Å². The normalized spacial score (nSPS) is 17.4. The van der Waals surface area contributed by atoms with Crippen LogP contribution < -0.4 is 10.6 Å². The van der Waals surface area contributed by atoms with Crippen LogP contribution in [0.4, 0.5) is 0 Å². The topological polar surface area (TPSA) is 52.6 Å². The Morgan fingerprint density at radius 3 is 2.71 bits per heavy atom. The Kier molecular flexibility index (Phi) is 9.67. The molecule has 1 aromatic carbocycles. The van der Waals surface area contributed by atoms with Crippen LogP contribution in [0.25, 0.3) is 0 Å². The molecule has 7 heteroatoms. The third kappa shape index (κ3) is 6.70. The van der Waals surface area contributed by atoms with Crippen LogP contribution in [0.3, 0.4) is 0 Å². The van der Waals surface area contributed by atoms with Gasteiger partial charge in [0.25, 0.3) is 0 Å². The SMILES string of the molecule is CCNC(=NCc1sc(C)nc1C)NCC1CCCN1Cc1ccccc1.I. The first-order valence-corrected chi connectivity index (χ1v) is 10.7. The summed E-state index contributed by atoms with van der Waals surface area (Å²) in [6, 6.07) is 11.3. The molecule has 0 spiro atoms. The molecule has 0 bridgehead atoms. The second-order valence-electron chi connectivity index (χ2n) is 7.07. The fourth-order valence-corrected chi connectivity index (χ4v) is 4.44. The van der Waals surface area contributed by atoms with E-state index in [1.54, 1.807) is 11.3 Å². The molecule has 0 saturated carbocycles. The third-order valence-electron chi connectivity index (χ3n) is 4.96. The van der Waals surface area contributed by atoms with Crippen molar-refractivity contribution < 1.29 is 0 Å².